The second-order valence-electron chi connectivity index (χ2n) is 4.57. The molecule has 17 heavy (non-hydrogen) atoms. The van der Waals surface area contributed by atoms with Crippen molar-refractivity contribution in [3.63, 3.8) is 0 Å². The van der Waals surface area contributed by atoms with Crippen molar-refractivity contribution in [3.8, 4) is 0 Å². The molecule has 0 unspecified atom stereocenters. The van der Waals surface area contributed by atoms with Crippen LogP contribution in [-0.2, 0) is 10.6 Å². The fourth-order valence-corrected chi connectivity index (χ4v) is 2.46. The van der Waals surface area contributed by atoms with Crippen LogP contribution < -0.4 is 4.90 Å². The first kappa shape index (κ1) is 12.7. The average molecular weight is 255 g/mol. The lowest BCUT2D eigenvalue weighted by molar-refractivity contribution is 0.0853. The molecule has 0 aromatic carbocycles. The molecule has 0 saturated carbocycles. The van der Waals surface area contributed by atoms with Crippen molar-refractivity contribution in [2.24, 2.45) is 0 Å². The monoisotopic (exact) mass is 254 g/mol. The lowest BCUT2D eigenvalue weighted by atomic mass is 10.1. The summed E-state index contributed by atoms with van der Waals surface area (Å²) in [5, 5.41) is 0. The van der Waals surface area contributed by atoms with Crippen LogP contribution in [0, 0.1) is 6.92 Å². The average Bonchev–Trinajstić information content (AvgIpc) is 2.39. The summed E-state index contributed by atoms with van der Waals surface area (Å²) in [6, 6.07) is 2.65. The number of nitrogens with zero attached hydrogens (tertiary/aromatic N) is 2. The van der Waals surface area contributed by atoms with Crippen molar-refractivity contribution in [2.75, 3.05) is 25.2 Å². The van der Waals surface area contributed by atoms with Gasteiger partial charge in [0.2, 0.25) is 0 Å². The number of ether oxygens (including phenoxy) is 1. The summed E-state index contributed by atoms with van der Waals surface area (Å²) in [6.45, 7) is 3.80. The molecule has 0 spiro atoms. The van der Waals surface area contributed by atoms with E-state index in [0.29, 0.717) is 11.9 Å². The van der Waals surface area contributed by atoms with Gasteiger partial charge in [0.25, 0.3) is 0 Å². The van der Waals surface area contributed by atoms with E-state index in [1.807, 2.05) is 6.20 Å². The zero-order valence-corrected chi connectivity index (χ0v) is 11.2. The number of hydrogen-bond donors (Lipinski definition) is 0. The minimum Gasteiger partial charge on any atom is -0.381 e. The molecule has 94 valence electrons. The Kier molecular flexibility index (Phi) is 4.24. The zero-order chi connectivity index (χ0) is 12.3. The number of anilines is 1. The van der Waals surface area contributed by atoms with Crippen LogP contribution in [0.4, 0.5) is 5.82 Å². The Morgan fingerprint density at radius 1 is 1.47 bits per heavy atom. The number of aromatic nitrogens is 1. The molecule has 0 aliphatic carbocycles. The van der Waals surface area contributed by atoms with Gasteiger partial charge >= 0.3 is 0 Å². The molecule has 1 aliphatic heterocycles. The van der Waals surface area contributed by atoms with Crippen LogP contribution in [0.3, 0.4) is 0 Å². The molecule has 2 rings (SSSR count). The van der Waals surface area contributed by atoms with Gasteiger partial charge in [-0.15, -0.1) is 11.6 Å². The second-order valence-corrected chi connectivity index (χ2v) is 4.84. The summed E-state index contributed by atoms with van der Waals surface area (Å²) < 4.78 is 5.39. The number of aryl methyl sites for hydroxylation is 1. The summed E-state index contributed by atoms with van der Waals surface area (Å²) in [5.74, 6) is 1.58. The molecule has 3 nitrogen and oxygen atoms in total. The van der Waals surface area contributed by atoms with Gasteiger partial charge in [-0.25, -0.2) is 4.98 Å². The summed E-state index contributed by atoms with van der Waals surface area (Å²) in [4.78, 5) is 6.80. The van der Waals surface area contributed by atoms with Crippen LogP contribution in [0.25, 0.3) is 0 Å². The lowest BCUT2D eigenvalue weighted by Crippen LogP contribution is -2.37. The van der Waals surface area contributed by atoms with Crippen LogP contribution in [0.2, 0.25) is 0 Å². The predicted octanol–water partition coefficient (Wildman–Crippen LogP) is 2.74. The predicted molar refractivity (Wildman–Crippen MR) is 70.8 cm³/mol. The summed E-state index contributed by atoms with van der Waals surface area (Å²) in [5.41, 5.74) is 2.27. The van der Waals surface area contributed by atoms with Crippen LogP contribution in [-0.4, -0.2) is 31.3 Å². The van der Waals surface area contributed by atoms with Gasteiger partial charge in [-0.3, -0.25) is 0 Å². The van der Waals surface area contributed by atoms with Crippen LogP contribution >= 0.6 is 11.6 Å². The maximum atomic E-state index is 5.81. The molecule has 0 amide bonds. The van der Waals surface area contributed by atoms with Crippen molar-refractivity contribution in [1.82, 2.24) is 4.98 Å². The molecule has 4 heteroatoms. The van der Waals surface area contributed by atoms with Gasteiger partial charge in [0, 0.05) is 38.4 Å². The topological polar surface area (TPSA) is 25.4 Å². The minimum atomic E-state index is 0.523. The molecular weight excluding hydrogens is 236 g/mol. The van der Waals surface area contributed by atoms with Gasteiger partial charge in [0.1, 0.15) is 5.82 Å². The van der Waals surface area contributed by atoms with Crippen molar-refractivity contribution < 1.29 is 4.74 Å². The highest BCUT2D eigenvalue weighted by atomic mass is 35.5. The van der Waals surface area contributed by atoms with Crippen molar-refractivity contribution in [2.45, 2.75) is 31.7 Å². The molecule has 0 radical (unpaired) electrons. The lowest BCUT2D eigenvalue weighted by Gasteiger charge is -2.33. The Balaban J connectivity index is 2.15. The zero-order valence-electron chi connectivity index (χ0n) is 10.4. The van der Waals surface area contributed by atoms with Crippen molar-refractivity contribution in [3.05, 3.63) is 23.4 Å². The summed E-state index contributed by atoms with van der Waals surface area (Å²) in [6.07, 6.45) is 4.02. The number of rotatable bonds is 3. The van der Waals surface area contributed by atoms with Crippen LogP contribution in [0.5, 0.6) is 0 Å². The highest BCUT2D eigenvalue weighted by molar-refractivity contribution is 6.17. The van der Waals surface area contributed by atoms with Crippen molar-refractivity contribution >= 4 is 17.4 Å². The van der Waals surface area contributed by atoms with Crippen molar-refractivity contribution in [1.29, 1.82) is 0 Å². The third-order valence-electron chi connectivity index (χ3n) is 3.33. The third kappa shape index (κ3) is 2.90. The van der Waals surface area contributed by atoms with E-state index in [2.05, 4.69) is 29.9 Å². The number of pyridine rings is 1. The fourth-order valence-electron chi connectivity index (χ4n) is 2.31. The van der Waals surface area contributed by atoms with E-state index >= 15 is 0 Å². The highest BCUT2D eigenvalue weighted by Crippen LogP contribution is 2.23. The molecule has 1 aliphatic rings. The Labute approximate surface area is 108 Å². The number of hydrogen-bond acceptors (Lipinski definition) is 3. The molecule has 1 fully saturated rings. The Hall–Kier alpha value is -0.800. The van der Waals surface area contributed by atoms with E-state index in [-0.39, 0.29) is 0 Å². The largest absolute Gasteiger partial charge is 0.381 e. The van der Waals surface area contributed by atoms with Crippen LogP contribution in [0.1, 0.15) is 24.0 Å². The summed E-state index contributed by atoms with van der Waals surface area (Å²) >= 11 is 5.81. The molecule has 0 bridgehead atoms. The number of alkyl halides is 1. The normalized spacial score (nSPS) is 17.1. The smallest absolute Gasteiger partial charge is 0.131 e. The van der Waals surface area contributed by atoms with Crippen LogP contribution in [0.15, 0.2) is 12.3 Å². The van der Waals surface area contributed by atoms with Gasteiger partial charge in [-0.2, -0.15) is 0 Å². The Morgan fingerprint density at radius 3 is 2.76 bits per heavy atom. The van der Waals surface area contributed by atoms with Gasteiger partial charge < -0.3 is 9.64 Å². The van der Waals surface area contributed by atoms with E-state index < -0.39 is 0 Å². The first-order valence-electron chi connectivity index (χ1n) is 6.04. The summed E-state index contributed by atoms with van der Waals surface area (Å²) in [7, 11) is 2.12. The highest BCUT2D eigenvalue weighted by Gasteiger charge is 2.20. The second kappa shape index (κ2) is 5.69. The molecule has 0 N–H and O–H groups in total. The van der Waals surface area contributed by atoms with E-state index in [4.69, 9.17) is 16.3 Å². The number of halogens is 1. The molecular formula is C13H19ClN2O. The molecule has 1 aromatic rings. The molecule has 2 heterocycles. The quantitative estimate of drug-likeness (QED) is 0.776. The maximum absolute atomic E-state index is 5.81. The van der Waals surface area contributed by atoms with E-state index in [1.165, 1.54) is 5.56 Å². The fraction of sp³-hybridized carbons (Fsp3) is 0.615. The van der Waals surface area contributed by atoms with Gasteiger partial charge in [-0.1, -0.05) is 0 Å². The van der Waals surface area contributed by atoms with Gasteiger partial charge in [-0.05, 0) is 37.0 Å². The van der Waals surface area contributed by atoms with Gasteiger partial charge in [0.05, 0.1) is 0 Å². The van der Waals surface area contributed by atoms with E-state index in [0.717, 1.165) is 37.4 Å². The standard InChI is InChI=1S/C13H19ClN2O/c1-10-7-11(8-14)9-15-13(10)16(2)12-3-5-17-6-4-12/h7,9,12H,3-6,8H2,1-2H3. The third-order valence-corrected chi connectivity index (χ3v) is 3.64. The first-order valence-corrected chi connectivity index (χ1v) is 6.58. The Bertz CT molecular complexity index is 378. The maximum Gasteiger partial charge on any atom is 0.131 e. The molecule has 1 saturated heterocycles. The van der Waals surface area contributed by atoms with Gasteiger partial charge in [0.15, 0.2) is 0 Å². The molecule has 0 atom stereocenters. The minimum absolute atomic E-state index is 0.523. The van der Waals surface area contributed by atoms with E-state index in [1.54, 1.807) is 0 Å². The van der Waals surface area contributed by atoms with E-state index in [9.17, 15) is 0 Å². The Morgan fingerprint density at radius 2 is 2.18 bits per heavy atom. The molecule has 1 aromatic heterocycles. The SMILES string of the molecule is Cc1cc(CCl)cnc1N(C)C1CCOCC1. The first-order chi connectivity index (χ1) is 8.22.